The van der Waals surface area contributed by atoms with Crippen LogP contribution < -0.4 is 27.0 Å². The molecule has 0 aliphatic carbocycles. The number of benzene rings is 1. The van der Waals surface area contributed by atoms with Gasteiger partial charge in [0.15, 0.2) is 0 Å². The van der Waals surface area contributed by atoms with Crippen LogP contribution in [0.2, 0.25) is 0 Å². The Labute approximate surface area is 226 Å². The van der Waals surface area contributed by atoms with E-state index in [1.807, 2.05) is 0 Å². The maximum Gasteiger partial charge on any atom is 0.326 e. The zero-order valence-corrected chi connectivity index (χ0v) is 21.7. The number of carboxylic acids is 1. The number of likely N-dealkylation sites (tertiary alicyclic amines) is 1. The average molecular weight is 545 g/mol. The summed E-state index contributed by atoms with van der Waals surface area (Å²) in [7, 11) is 0. The first-order chi connectivity index (χ1) is 18.7. The molecule has 2 saturated heterocycles. The summed E-state index contributed by atoms with van der Waals surface area (Å²) in [5.41, 5.74) is 5.95. The Morgan fingerprint density at radius 2 is 1.72 bits per heavy atom. The molecule has 0 unspecified atom stereocenters. The van der Waals surface area contributed by atoms with E-state index >= 15 is 0 Å². The molecule has 5 amide bonds. The second-order valence-corrected chi connectivity index (χ2v) is 9.77. The number of rotatable bonds is 13. The predicted octanol–water partition coefficient (Wildman–Crippen LogP) is -1.59. The van der Waals surface area contributed by atoms with Crippen LogP contribution >= 0.6 is 0 Å². The highest BCUT2D eigenvalue weighted by molar-refractivity contribution is 5.94. The molecule has 2 aliphatic rings. The first-order valence-corrected chi connectivity index (χ1v) is 13.1. The summed E-state index contributed by atoms with van der Waals surface area (Å²) in [6.45, 7) is 0.535. The Hall–Kier alpha value is -4.00. The Kier molecular flexibility index (Phi) is 10.8. The van der Waals surface area contributed by atoms with Crippen LogP contribution in [-0.4, -0.2) is 89.3 Å². The molecule has 1 aromatic carbocycles. The van der Waals surface area contributed by atoms with Crippen LogP contribution in [0, 0.1) is 0 Å². The fourth-order valence-corrected chi connectivity index (χ4v) is 4.78. The summed E-state index contributed by atoms with van der Waals surface area (Å²) in [5.74, 6) is -3.94. The lowest BCUT2D eigenvalue weighted by Crippen LogP contribution is -2.55. The van der Waals surface area contributed by atoms with Crippen LogP contribution in [0.4, 0.5) is 0 Å². The molecule has 7 N–H and O–H groups in total. The summed E-state index contributed by atoms with van der Waals surface area (Å²) in [4.78, 5) is 75.5. The van der Waals surface area contributed by atoms with Crippen LogP contribution in [-0.2, 0) is 35.2 Å². The summed E-state index contributed by atoms with van der Waals surface area (Å²) in [6.07, 6.45) is 2.28. The van der Waals surface area contributed by atoms with E-state index in [2.05, 4.69) is 21.3 Å². The summed E-state index contributed by atoms with van der Waals surface area (Å²) < 4.78 is 0. The van der Waals surface area contributed by atoms with Gasteiger partial charge in [-0.15, -0.1) is 0 Å². The average Bonchev–Trinajstić information content (AvgIpc) is 3.62. The first-order valence-electron chi connectivity index (χ1n) is 13.1. The lowest BCUT2D eigenvalue weighted by atomic mass is 10.1. The van der Waals surface area contributed by atoms with Crippen LogP contribution in [0.1, 0.15) is 44.1 Å². The monoisotopic (exact) mass is 544 g/mol. The van der Waals surface area contributed by atoms with Crippen molar-refractivity contribution < 1.29 is 33.9 Å². The van der Waals surface area contributed by atoms with Crippen LogP contribution in [0.25, 0.3) is 0 Å². The quantitative estimate of drug-likeness (QED) is 0.171. The van der Waals surface area contributed by atoms with Crippen molar-refractivity contribution in [3.63, 3.8) is 0 Å². The molecule has 212 valence electrons. The fraction of sp³-hybridized carbons (Fsp3) is 0.538. The van der Waals surface area contributed by atoms with E-state index in [-0.39, 0.29) is 31.7 Å². The highest BCUT2D eigenvalue weighted by Crippen LogP contribution is 2.18. The SMILES string of the molecule is NC(=O)CC[C@H](NC(=O)[C@@H]1CCCN1)C(=O)NCC(=O)N1CCC[C@H]1C(=O)N[C@@H](Cc1ccccc1)C(=O)O. The zero-order chi connectivity index (χ0) is 28.4. The van der Waals surface area contributed by atoms with E-state index in [0.29, 0.717) is 25.8 Å². The number of hydrogen-bond donors (Lipinski definition) is 6. The Balaban J connectivity index is 1.56. The maximum absolute atomic E-state index is 13.0. The number of primary amides is 1. The lowest BCUT2D eigenvalue weighted by molar-refractivity contribution is -0.144. The van der Waals surface area contributed by atoms with E-state index in [1.54, 1.807) is 30.3 Å². The van der Waals surface area contributed by atoms with Gasteiger partial charge in [-0.05, 0) is 44.2 Å². The highest BCUT2D eigenvalue weighted by atomic mass is 16.4. The molecule has 3 rings (SSSR count). The number of nitrogens with zero attached hydrogens (tertiary/aromatic N) is 1. The molecule has 0 saturated carbocycles. The minimum atomic E-state index is -1.19. The zero-order valence-electron chi connectivity index (χ0n) is 21.7. The van der Waals surface area contributed by atoms with Crippen molar-refractivity contribution in [3.8, 4) is 0 Å². The number of hydrogen-bond acceptors (Lipinski definition) is 7. The maximum atomic E-state index is 13.0. The smallest absolute Gasteiger partial charge is 0.326 e. The van der Waals surface area contributed by atoms with Gasteiger partial charge in [-0.2, -0.15) is 0 Å². The number of aliphatic carboxylic acids is 1. The number of carboxylic acid groups (broad SMARTS) is 1. The largest absolute Gasteiger partial charge is 0.480 e. The molecule has 13 heteroatoms. The van der Waals surface area contributed by atoms with Crippen molar-refractivity contribution in [3.05, 3.63) is 35.9 Å². The standard InChI is InChI=1S/C26H36N6O7/c27-21(33)11-10-18(30-24(36)17-8-4-12-28-17)23(35)29-15-22(34)32-13-5-9-20(32)25(37)31-19(26(38)39)14-16-6-2-1-3-7-16/h1-3,6-7,17-20,28H,4-5,8-15H2,(H2,27,33)(H,29,35)(H,30,36)(H,31,37)(H,38,39)/t17-,18-,19-,20-/m0/s1. The molecule has 2 fully saturated rings. The Morgan fingerprint density at radius 3 is 2.36 bits per heavy atom. The number of nitrogens with one attached hydrogen (secondary N) is 4. The van der Waals surface area contributed by atoms with E-state index in [9.17, 15) is 33.9 Å². The molecule has 1 aromatic rings. The van der Waals surface area contributed by atoms with Gasteiger partial charge in [-0.3, -0.25) is 24.0 Å². The van der Waals surface area contributed by atoms with Crippen molar-refractivity contribution in [2.75, 3.05) is 19.6 Å². The minimum Gasteiger partial charge on any atom is -0.480 e. The molecule has 0 aromatic heterocycles. The van der Waals surface area contributed by atoms with Gasteiger partial charge in [-0.25, -0.2) is 4.79 Å². The molecule has 0 bridgehead atoms. The van der Waals surface area contributed by atoms with E-state index in [1.165, 1.54) is 4.90 Å². The van der Waals surface area contributed by atoms with Crippen molar-refractivity contribution >= 4 is 35.5 Å². The molecule has 39 heavy (non-hydrogen) atoms. The third kappa shape index (κ3) is 8.77. The molecular weight excluding hydrogens is 508 g/mol. The van der Waals surface area contributed by atoms with Gasteiger partial charge in [0.25, 0.3) is 0 Å². The van der Waals surface area contributed by atoms with E-state index in [0.717, 1.165) is 12.0 Å². The van der Waals surface area contributed by atoms with Crippen LogP contribution in [0.3, 0.4) is 0 Å². The molecular formula is C26H36N6O7. The highest BCUT2D eigenvalue weighted by Gasteiger charge is 2.36. The second kappa shape index (κ2) is 14.2. The van der Waals surface area contributed by atoms with Crippen LogP contribution in [0.5, 0.6) is 0 Å². The lowest BCUT2D eigenvalue weighted by Gasteiger charge is -2.26. The molecule has 2 heterocycles. The summed E-state index contributed by atoms with van der Waals surface area (Å²) >= 11 is 0. The predicted molar refractivity (Wildman–Crippen MR) is 139 cm³/mol. The minimum absolute atomic E-state index is 0.0272. The Bertz CT molecular complexity index is 1060. The van der Waals surface area contributed by atoms with Crippen LogP contribution in [0.15, 0.2) is 30.3 Å². The number of nitrogens with two attached hydrogens (primary N) is 1. The van der Waals surface area contributed by atoms with Gasteiger partial charge in [-0.1, -0.05) is 30.3 Å². The summed E-state index contributed by atoms with van der Waals surface area (Å²) in [6, 6.07) is 5.35. The fourth-order valence-electron chi connectivity index (χ4n) is 4.78. The topological polar surface area (TPSA) is 200 Å². The van der Waals surface area contributed by atoms with Crippen molar-refractivity contribution in [2.24, 2.45) is 5.73 Å². The van der Waals surface area contributed by atoms with E-state index in [4.69, 9.17) is 5.73 Å². The molecule has 2 aliphatic heterocycles. The van der Waals surface area contributed by atoms with Crippen molar-refractivity contribution in [1.29, 1.82) is 0 Å². The normalized spacial score (nSPS) is 20.1. The summed E-state index contributed by atoms with van der Waals surface area (Å²) in [5, 5.41) is 20.3. The van der Waals surface area contributed by atoms with Crippen molar-refractivity contribution in [2.45, 2.75) is 69.1 Å². The van der Waals surface area contributed by atoms with Gasteiger partial charge in [0, 0.05) is 19.4 Å². The number of carbonyl (C=O) groups excluding carboxylic acids is 5. The second-order valence-electron chi connectivity index (χ2n) is 9.77. The first kappa shape index (κ1) is 29.6. The number of amides is 5. The van der Waals surface area contributed by atoms with E-state index < -0.39 is 60.3 Å². The molecule has 13 nitrogen and oxygen atoms in total. The Morgan fingerprint density at radius 1 is 1.00 bits per heavy atom. The molecule has 0 spiro atoms. The van der Waals surface area contributed by atoms with Crippen molar-refractivity contribution in [1.82, 2.24) is 26.2 Å². The van der Waals surface area contributed by atoms with Gasteiger partial charge in [0.2, 0.25) is 29.5 Å². The van der Waals surface area contributed by atoms with Gasteiger partial charge in [0.05, 0.1) is 12.6 Å². The number of carbonyl (C=O) groups is 6. The molecule has 0 radical (unpaired) electrons. The van der Waals surface area contributed by atoms with Gasteiger partial charge >= 0.3 is 5.97 Å². The van der Waals surface area contributed by atoms with Gasteiger partial charge in [0.1, 0.15) is 18.1 Å². The third-order valence-corrected chi connectivity index (χ3v) is 6.88. The molecule has 4 atom stereocenters. The van der Waals surface area contributed by atoms with Gasteiger partial charge < -0.3 is 37.0 Å². The third-order valence-electron chi connectivity index (χ3n) is 6.88.